The zero-order valence-electron chi connectivity index (χ0n) is 11.4. The summed E-state index contributed by atoms with van der Waals surface area (Å²) in [6, 6.07) is 7.73. The number of halogens is 1. The van der Waals surface area contributed by atoms with Crippen molar-refractivity contribution in [2.45, 2.75) is 13.8 Å². The monoisotopic (exact) mass is 387 g/mol. The highest BCUT2D eigenvalue weighted by Gasteiger charge is 2.00. The molecule has 1 amide bonds. The third-order valence-corrected chi connectivity index (χ3v) is 2.25. The van der Waals surface area contributed by atoms with Crippen molar-refractivity contribution in [1.82, 2.24) is 5.32 Å². The summed E-state index contributed by atoms with van der Waals surface area (Å²) in [6.07, 6.45) is 0. The van der Waals surface area contributed by atoms with Crippen LogP contribution in [-0.4, -0.2) is 25.0 Å². The number of nitrogens with one attached hydrogen (secondary N) is 2. The quantitative estimate of drug-likeness (QED) is 0.314. The van der Waals surface area contributed by atoms with E-state index < -0.39 is 0 Å². The predicted molar refractivity (Wildman–Crippen MR) is 90.1 cm³/mol. The van der Waals surface area contributed by atoms with Crippen LogP contribution < -0.4 is 16.4 Å². The first-order valence-corrected chi connectivity index (χ1v) is 5.80. The summed E-state index contributed by atoms with van der Waals surface area (Å²) in [5.41, 5.74) is 8.73. The number of nitrogens with zero attached hydrogens (tertiary/aromatic N) is 2. The number of benzene rings is 1. The van der Waals surface area contributed by atoms with Crippen molar-refractivity contribution in [3.05, 3.63) is 29.3 Å². The molecule has 0 saturated carbocycles. The van der Waals surface area contributed by atoms with Crippen molar-refractivity contribution < 1.29 is 4.79 Å². The lowest BCUT2D eigenvalue weighted by Crippen LogP contribution is -2.29. The second-order valence-electron chi connectivity index (χ2n) is 4.14. The number of hydrogen-bond donors (Lipinski definition) is 3. The molecule has 4 N–H and O–H groups in total. The van der Waals surface area contributed by atoms with E-state index in [4.69, 9.17) is 11.0 Å². The molecule has 0 unspecified atom stereocenters. The van der Waals surface area contributed by atoms with Crippen LogP contribution in [0.3, 0.4) is 0 Å². The standard InChI is InChI=1S/C13H17N5O.HI/c1-9-5-10(2)7-11(6-9)18-13(15)17-8-12(19)16-4-3-14;/h5-7H,4,8H2,1-2H3,(H,16,19)(H3,15,17,18);1H. The Morgan fingerprint density at radius 2 is 1.95 bits per heavy atom. The van der Waals surface area contributed by atoms with Gasteiger partial charge in [-0.2, -0.15) is 5.26 Å². The molecule has 20 heavy (non-hydrogen) atoms. The van der Waals surface area contributed by atoms with Gasteiger partial charge in [-0.1, -0.05) is 6.07 Å². The van der Waals surface area contributed by atoms with E-state index in [1.165, 1.54) is 0 Å². The Labute approximate surface area is 135 Å². The average Bonchev–Trinajstić information content (AvgIpc) is 2.32. The van der Waals surface area contributed by atoms with E-state index in [-0.39, 0.29) is 48.9 Å². The van der Waals surface area contributed by atoms with Gasteiger partial charge in [0.2, 0.25) is 5.91 Å². The smallest absolute Gasteiger partial charge is 0.242 e. The Morgan fingerprint density at radius 1 is 1.35 bits per heavy atom. The number of aryl methyl sites for hydroxylation is 2. The highest BCUT2D eigenvalue weighted by Crippen LogP contribution is 2.13. The van der Waals surface area contributed by atoms with Crippen LogP contribution in [0.25, 0.3) is 0 Å². The maximum atomic E-state index is 11.2. The van der Waals surface area contributed by atoms with Crippen LogP contribution in [0.1, 0.15) is 11.1 Å². The molecule has 6 nitrogen and oxygen atoms in total. The fourth-order valence-corrected chi connectivity index (χ4v) is 1.59. The van der Waals surface area contributed by atoms with Crippen molar-refractivity contribution >= 4 is 41.5 Å². The summed E-state index contributed by atoms with van der Waals surface area (Å²) in [6.45, 7) is 3.84. The fraction of sp³-hybridized carbons (Fsp3) is 0.308. The lowest BCUT2D eigenvalue weighted by Gasteiger charge is -2.07. The molecule has 0 aliphatic heterocycles. The maximum Gasteiger partial charge on any atom is 0.242 e. The normalized spacial score (nSPS) is 10.2. The number of nitrogens with two attached hydrogens (primary N) is 1. The summed E-state index contributed by atoms with van der Waals surface area (Å²) in [7, 11) is 0. The maximum absolute atomic E-state index is 11.2. The van der Waals surface area contributed by atoms with Crippen molar-refractivity contribution in [1.29, 1.82) is 5.26 Å². The molecule has 0 fully saturated rings. The van der Waals surface area contributed by atoms with Crippen LogP contribution in [-0.2, 0) is 4.79 Å². The molecule has 0 aliphatic carbocycles. The van der Waals surface area contributed by atoms with Gasteiger partial charge in [-0.05, 0) is 37.1 Å². The fourth-order valence-electron chi connectivity index (χ4n) is 1.59. The van der Waals surface area contributed by atoms with E-state index in [9.17, 15) is 4.79 Å². The Kier molecular flexibility index (Phi) is 8.31. The van der Waals surface area contributed by atoms with Crippen LogP contribution >= 0.6 is 24.0 Å². The molecule has 0 bridgehead atoms. The van der Waals surface area contributed by atoms with Crippen LogP contribution in [0.15, 0.2) is 23.2 Å². The van der Waals surface area contributed by atoms with E-state index >= 15 is 0 Å². The van der Waals surface area contributed by atoms with Crippen molar-refractivity contribution in [3.63, 3.8) is 0 Å². The van der Waals surface area contributed by atoms with Crippen molar-refractivity contribution in [2.24, 2.45) is 10.7 Å². The summed E-state index contributed by atoms with van der Waals surface area (Å²) >= 11 is 0. The molecule has 0 atom stereocenters. The van der Waals surface area contributed by atoms with Gasteiger partial charge in [0.25, 0.3) is 0 Å². The largest absolute Gasteiger partial charge is 0.370 e. The second-order valence-corrected chi connectivity index (χ2v) is 4.14. The second kappa shape index (κ2) is 9.14. The van der Waals surface area contributed by atoms with Crippen LogP contribution in [0.4, 0.5) is 5.69 Å². The SMILES string of the molecule is Cc1cc(C)cc(NC(N)=NCC(=O)NCC#N)c1.I. The first kappa shape index (κ1) is 18.2. The zero-order valence-corrected chi connectivity index (χ0v) is 13.8. The van der Waals surface area contributed by atoms with Crippen LogP contribution in [0, 0.1) is 25.2 Å². The highest BCUT2D eigenvalue weighted by atomic mass is 127. The molecule has 1 aromatic rings. The molecule has 1 rings (SSSR count). The topological polar surface area (TPSA) is 103 Å². The molecule has 1 aromatic carbocycles. The minimum Gasteiger partial charge on any atom is -0.370 e. The Hall–Kier alpha value is -1.82. The van der Waals surface area contributed by atoms with Gasteiger partial charge in [0.15, 0.2) is 5.96 Å². The zero-order chi connectivity index (χ0) is 14.3. The first-order chi connectivity index (χ1) is 9.01. The van der Waals surface area contributed by atoms with Gasteiger partial charge in [0.1, 0.15) is 13.1 Å². The number of hydrogen-bond acceptors (Lipinski definition) is 3. The van der Waals surface area contributed by atoms with Gasteiger partial charge in [0, 0.05) is 5.69 Å². The Bertz CT molecular complexity index is 516. The van der Waals surface area contributed by atoms with E-state index in [0.29, 0.717) is 0 Å². The Balaban J connectivity index is 0.00000361. The predicted octanol–water partition coefficient (Wildman–Crippen LogP) is 1.29. The first-order valence-electron chi connectivity index (χ1n) is 5.80. The summed E-state index contributed by atoms with van der Waals surface area (Å²) in [4.78, 5) is 15.1. The molecule has 0 radical (unpaired) electrons. The van der Waals surface area contributed by atoms with Crippen molar-refractivity contribution in [2.75, 3.05) is 18.4 Å². The number of aliphatic imine (C=N–C) groups is 1. The number of amides is 1. The summed E-state index contributed by atoms with van der Waals surface area (Å²) in [5.74, 6) is -0.177. The molecule has 7 heteroatoms. The van der Waals surface area contributed by atoms with Crippen molar-refractivity contribution in [3.8, 4) is 6.07 Å². The number of guanidine groups is 1. The highest BCUT2D eigenvalue weighted by molar-refractivity contribution is 14.0. The third-order valence-electron chi connectivity index (χ3n) is 2.25. The third kappa shape index (κ3) is 6.94. The van der Waals surface area contributed by atoms with Crippen LogP contribution in [0.5, 0.6) is 0 Å². The van der Waals surface area contributed by atoms with E-state index in [1.807, 2.05) is 38.1 Å². The van der Waals surface area contributed by atoms with Gasteiger partial charge < -0.3 is 16.4 Å². The molecule has 0 aromatic heterocycles. The number of rotatable bonds is 4. The number of carbonyl (C=O) groups is 1. The minimum atomic E-state index is -0.341. The van der Waals surface area contributed by atoms with E-state index in [0.717, 1.165) is 16.8 Å². The molecule has 108 valence electrons. The van der Waals surface area contributed by atoms with Crippen LogP contribution in [0.2, 0.25) is 0 Å². The lowest BCUT2D eigenvalue weighted by atomic mass is 10.1. The minimum absolute atomic E-state index is 0. The molecule has 0 aliphatic rings. The average molecular weight is 387 g/mol. The van der Waals surface area contributed by atoms with Gasteiger partial charge in [-0.15, -0.1) is 24.0 Å². The van der Waals surface area contributed by atoms with E-state index in [2.05, 4.69) is 15.6 Å². The van der Waals surface area contributed by atoms with Gasteiger partial charge in [0.05, 0.1) is 6.07 Å². The van der Waals surface area contributed by atoms with Gasteiger partial charge in [-0.25, -0.2) is 4.99 Å². The van der Waals surface area contributed by atoms with Gasteiger partial charge >= 0.3 is 0 Å². The number of carbonyl (C=O) groups excluding carboxylic acids is 1. The number of anilines is 1. The summed E-state index contributed by atoms with van der Waals surface area (Å²) in [5, 5.41) is 13.6. The van der Waals surface area contributed by atoms with Gasteiger partial charge in [-0.3, -0.25) is 4.79 Å². The number of nitriles is 1. The molecule has 0 saturated heterocycles. The summed E-state index contributed by atoms with van der Waals surface area (Å²) < 4.78 is 0. The Morgan fingerprint density at radius 3 is 2.50 bits per heavy atom. The van der Waals surface area contributed by atoms with E-state index in [1.54, 1.807) is 0 Å². The molecular formula is C13H18IN5O. The molecular weight excluding hydrogens is 369 g/mol. The molecule has 0 heterocycles. The lowest BCUT2D eigenvalue weighted by molar-refractivity contribution is -0.119. The molecule has 0 spiro atoms.